The highest BCUT2D eigenvalue weighted by molar-refractivity contribution is 6.16. The molecule has 1 aromatic heterocycles. The van der Waals surface area contributed by atoms with Gasteiger partial charge in [-0.25, -0.2) is 0 Å². The van der Waals surface area contributed by atoms with Crippen molar-refractivity contribution in [3.05, 3.63) is 101 Å². The third-order valence-electron chi connectivity index (χ3n) is 4.51. The van der Waals surface area contributed by atoms with Crippen molar-refractivity contribution in [1.29, 1.82) is 0 Å². The van der Waals surface area contributed by atoms with E-state index in [9.17, 15) is 9.90 Å². The van der Waals surface area contributed by atoms with E-state index in [0.717, 1.165) is 17.4 Å². The second kappa shape index (κ2) is 6.89. The highest BCUT2D eigenvalue weighted by Crippen LogP contribution is 2.29. The van der Waals surface area contributed by atoms with E-state index < -0.39 is 0 Å². The summed E-state index contributed by atoms with van der Waals surface area (Å²) >= 11 is 0. The number of hydrogen-bond donors (Lipinski definition) is 1. The molecule has 0 bridgehead atoms. The standard InChI is InChI=1S/C23H18O3/c24-18-13-11-17(12-14-18)23(25)22-19-8-4-5-9-20(19)26-21(22)15-10-16-6-2-1-3-7-16/h1-9,11-14,24H,10,15H2. The molecule has 0 fully saturated rings. The van der Waals surface area contributed by atoms with E-state index in [1.807, 2.05) is 42.5 Å². The van der Waals surface area contributed by atoms with Gasteiger partial charge in [0.05, 0.1) is 5.56 Å². The third-order valence-corrected chi connectivity index (χ3v) is 4.51. The predicted octanol–water partition coefficient (Wildman–Crippen LogP) is 5.15. The number of phenols is 1. The zero-order valence-corrected chi connectivity index (χ0v) is 14.2. The van der Waals surface area contributed by atoms with Gasteiger partial charge in [0.1, 0.15) is 17.1 Å². The molecule has 0 aliphatic rings. The van der Waals surface area contributed by atoms with Crippen molar-refractivity contribution in [2.45, 2.75) is 12.8 Å². The number of hydrogen-bond acceptors (Lipinski definition) is 3. The van der Waals surface area contributed by atoms with Crippen molar-refractivity contribution < 1.29 is 14.3 Å². The van der Waals surface area contributed by atoms with Gasteiger partial charge in [-0.2, -0.15) is 0 Å². The summed E-state index contributed by atoms with van der Waals surface area (Å²) in [5, 5.41) is 10.3. The predicted molar refractivity (Wildman–Crippen MR) is 102 cm³/mol. The molecule has 1 heterocycles. The normalized spacial score (nSPS) is 10.9. The van der Waals surface area contributed by atoms with Crippen molar-refractivity contribution in [2.75, 3.05) is 0 Å². The highest BCUT2D eigenvalue weighted by atomic mass is 16.3. The average molecular weight is 342 g/mol. The zero-order valence-electron chi connectivity index (χ0n) is 14.2. The van der Waals surface area contributed by atoms with Crippen LogP contribution in [0, 0.1) is 0 Å². The first-order valence-corrected chi connectivity index (χ1v) is 8.60. The Balaban J connectivity index is 1.74. The third kappa shape index (κ3) is 3.11. The SMILES string of the molecule is O=C(c1ccc(O)cc1)c1c(CCc2ccccc2)oc2ccccc12. The Labute approximate surface area is 151 Å². The number of fused-ring (bicyclic) bond motifs is 1. The average Bonchev–Trinajstić information content (AvgIpc) is 3.05. The zero-order chi connectivity index (χ0) is 17.9. The summed E-state index contributed by atoms with van der Waals surface area (Å²) in [4.78, 5) is 13.1. The van der Waals surface area contributed by atoms with Gasteiger partial charge in [-0.05, 0) is 42.3 Å². The molecule has 1 N–H and O–H groups in total. The molecule has 4 rings (SSSR count). The summed E-state index contributed by atoms with van der Waals surface area (Å²) in [6.45, 7) is 0. The van der Waals surface area contributed by atoms with Crippen LogP contribution >= 0.6 is 0 Å². The van der Waals surface area contributed by atoms with Crippen LogP contribution in [0.4, 0.5) is 0 Å². The number of carbonyl (C=O) groups is 1. The van der Waals surface area contributed by atoms with Crippen molar-refractivity contribution in [2.24, 2.45) is 0 Å². The largest absolute Gasteiger partial charge is 0.508 e. The number of rotatable bonds is 5. The molecule has 0 aliphatic carbocycles. The van der Waals surface area contributed by atoms with Crippen LogP contribution in [0.3, 0.4) is 0 Å². The summed E-state index contributed by atoms with van der Waals surface area (Å²) in [6, 6.07) is 24.1. The van der Waals surface area contributed by atoms with Gasteiger partial charge < -0.3 is 9.52 Å². The van der Waals surface area contributed by atoms with Crippen LogP contribution in [0.5, 0.6) is 5.75 Å². The quantitative estimate of drug-likeness (QED) is 0.510. The minimum Gasteiger partial charge on any atom is -0.508 e. The van der Waals surface area contributed by atoms with Gasteiger partial charge in [-0.1, -0.05) is 48.5 Å². The molecule has 128 valence electrons. The van der Waals surface area contributed by atoms with E-state index in [1.165, 1.54) is 17.7 Å². The van der Waals surface area contributed by atoms with Crippen LogP contribution < -0.4 is 0 Å². The van der Waals surface area contributed by atoms with Crippen LogP contribution in [-0.2, 0) is 12.8 Å². The van der Waals surface area contributed by atoms with Gasteiger partial charge in [0, 0.05) is 17.4 Å². The van der Waals surface area contributed by atoms with E-state index >= 15 is 0 Å². The Morgan fingerprint density at radius 3 is 2.27 bits per heavy atom. The number of carbonyl (C=O) groups excluding carboxylic acids is 1. The first-order chi connectivity index (χ1) is 12.7. The topological polar surface area (TPSA) is 50.4 Å². The number of aryl methyl sites for hydroxylation is 2. The molecule has 0 radical (unpaired) electrons. The maximum atomic E-state index is 13.1. The lowest BCUT2D eigenvalue weighted by Gasteiger charge is -2.04. The molecular weight excluding hydrogens is 324 g/mol. The van der Waals surface area contributed by atoms with Gasteiger partial charge >= 0.3 is 0 Å². The summed E-state index contributed by atoms with van der Waals surface area (Å²) in [7, 11) is 0. The Morgan fingerprint density at radius 2 is 1.50 bits per heavy atom. The Bertz CT molecular complexity index is 1040. The van der Waals surface area contributed by atoms with Crippen molar-refractivity contribution in [1.82, 2.24) is 0 Å². The molecule has 0 aliphatic heterocycles. The fourth-order valence-electron chi connectivity index (χ4n) is 3.18. The molecular formula is C23H18O3. The number of phenolic OH excluding ortho intramolecular Hbond substituents is 1. The lowest BCUT2D eigenvalue weighted by atomic mass is 9.97. The van der Waals surface area contributed by atoms with Crippen LogP contribution in [0.2, 0.25) is 0 Å². The molecule has 0 atom stereocenters. The lowest BCUT2D eigenvalue weighted by molar-refractivity contribution is 0.103. The Kier molecular flexibility index (Phi) is 4.28. The van der Waals surface area contributed by atoms with Gasteiger partial charge in [0.15, 0.2) is 5.78 Å². The van der Waals surface area contributed by atoms with Gasteiger partial charge in [0.25, 0.3) is 0 Å². The van der Waals surface area contributed by atoms with Crippen LogP contribution in [0.1, 0.15) is 27.2 Å². The van der Waals surface area contributed by atoms with Crippen molar-refractivity contribution in [3.8, 4) is 5.75 Å². The van der Waals surface area contributed by atoms with Gasteiger partial charge in [-0.15, -0.1) is 0 Å². The van der Waals surface area contributed by atoms with E-state index in [4.69, 9.17) is 4.42 Å². The number of ketones is 1. The minimum atomic E-state index is -0.0852. The first kappa shape index (κ1) is 16.2. The molecule has 4 aromatic rings. The smallest absolute Gasteiger partial charge is 0.197 e. The van der Waals surface area contributed by atoms with Crippen molar-refractivity contribution >= 4 is 16.8 Å². The fraction of sp³-hybridized carbons (Fsp3) is 0.0870. The lowest BCUT2D eigenvalue weighted by Crippen LogP contribution is -2.04. The monoisotopic (exact) mass is 342 g/mol. The summed E-state index contributed by atoms with van der Waals surface area (Å²) in [5.74, 6) is 0.758. The molecule has 3 heteroatoms. The first-order valence-electron chi connectivity index (χ1n) is 8.60. The van der Waals surface area contributed by atoms with Crippen LogP contribution in [-0.4, -0.2) is 10.9 Å². The van der Waals surface area contributed by atoms with E-state index in [-0.39, 0.29) is 11.5 Å². The summed E-state index contributed by atoms with van der Waals surface area (Å²) < 4.78 is 6.02. The number of furan rings is 1. The van der Waals surface area contributed by atoms with Gasteiger partial charge in [0.2, 0.25) is 0 Å². The van der Waals surface area contributed by atoms with E-state index in [2.05, 4.69) is 12.1 Å². The second-order valence-electron chi connectivity index (χ2n) is 6.26. The number of benzene rings is 3. The Morgan fingerprint density at radius 1 is 0.808 bits per heavy atom. The second-order valence-corrected chi connectivity index (χ2v) is 6.26. The Hall–Kier alpha value is -3.33. The molecule has 3 aromatic carbocycles. The highest BCUT2D eigenvalue weighted by Gasteiger charge is 2.21. The molecule has 3 nitrogen and oxygen atoms in total. The van der Waals surface area contributed by atoms with Crippen molar-refractivity contribution in [3.63, 3.8) is 0 Å². The van der Waals surface area contributed by atoms with Gasteiger partial charge in [-0.3, -0.25) is 4.79 Å². The minimum absolute atomic E-state index is 0.0852. The summed E-state index contributed by atoms with van der Waals surface area (Å²) in [5.41, 5.74) is 3.08. The maximum Gasteiger partial charge on any atom is 0.197 e. The summed E-state index contributed by atoms with van der Waals surface area (Å²) in [6.07, 6.45) is 1.45. The number of aromatic hydroxyl groups is 1. The maximum absolute atomic E-state index is 13.1. The fourth-order valence-corrected chi connectivity index (χ4v) is 3.18. The molecule has 0 unspecified atom stereocenters. The molecule has 0 spiro atoms. The molecule has 0 amide bonds. The molecule has 0 saturated carbocycles. The van der Waals surface area contributed by atoms with Crippen LogP contribution in [0.25, 0.3) is 11.0 Å². The van der Waals surface area contributed by atoms with Crippen LogP contribution in [0.15, 0.2) is 83.3 Å². The van der Waals surface area contributed by atoms with E-state index in [1.54, 1.807) is 12.1 Å². The molecule has 26 heavy (non-hydrogen) atoms. The van der Waals surface area contributed by atoms with E-state index in [0.29, 0.717) is 23.3 Å². The molecule has 0 saturated heterocycles. The number of para-hydroxylation sites is 1.